The van der Waals surface area contributed by atoms with Gasteiger partial charge in [0.25, 0.3) is 5.91 Å². The number of piperidine rings is 1. The number of β-amino-alcohol motifs (C(OH)–C–C–N with tert-alkyl or cyclic N) is 1. The van der Waals surface area contributed by atoms with E-state index in [1.807, 2.05) is 17.0 Å². The van der Waals surface area contributed by atoms with Gasteiger partial charge in [0.2, 0.25) is 0 Å². The van der Waals surface area contributed by atoms with E-state index in [0.717, 1.165) is 24.0 Å². The van der Waals surface area contributed by atoms with Gasteiger partial charge in [0, 0.05) is 43.2 Å². The van der Waals surface area contributed by atoms with Crippen molar-refractivity contribution in [3.63, 3.8) is 0 Å². The number of halogens is 3. The van der Waals surface area contributed by atoms with E-state index in [0.29, 0.717) is 51.2 Å². The van der Waals surface area contributed by atoms with Crippen molar-refractivity contribution < 1.29 is 27.8 Å². The van der Waals surface area contributed by atoms with Gasteiger partial charge in [-0.2, -0.15) is 13.2 Å². The molecule has 37 heavy (non-hydrogen) atoms. The number of hydrogen-bond acceptors (Lipinski definition) is 6. The van der Waals surface area contributed by atoms with Crippen LogP contribution in [0, 0.1) is 11.3 Å². The van der Waals surface area contributed by atoms with Crippen LogP contribution in [0.3, 0.4) is 0 Å². The van der Waals surface area contributed by atoms with Gasteiger partial charge in [-0.15, -0.1) is 0 Å². The zero-order valence-electron chi connectivity index (χ0n) is 20.8. The number of hydrogen-bond donors (Lipinski definition) is 1. The standard InChI is InChI=1S/C27H33F3N4O3/c28-27(29,30)26(9-1-10-26)18-33-11-6-19(7-12-33)17-37-25-31-14-22(15-32-25)20-2-4-21(5-3-20)24(36)34-13-8-23(35)16-34/h2-5,14-15,19,23,35H,1,6-13,16-18H2. The first-order valence-electron chi connectivity index (χ1n) is 13.0. The lowest BCUT2D eigenvalue weighted by Gasteiger charge is -2.47. The van der Waals surface area contributed by atoms with Crippen LogP contribution in [0.5, 0.6) is 6.01 Å². The normalized spacial score (nSPS) is 22.6. The lowest BCUT2D eigenvalue weighted by Crippen LogP contribution is -2.53. The molecular weight excluding hydrogens is 485 g/mol. The number of alkyl halides is 3. The van der Waals surface area contributed by atoms with Crippen LogP contribution in [0.1, 0.15) is 48.9 Å². The number of rotatable bonds is 7. The van der Waals surface area contributed by atoms with Crippen LogP contribution in [0.25, 0.3) is 11.1 Å². The lowest BCUT2D eigenvalue weighted by atomic mass is 9.67. The molecule has 3 fully saturated rings. The van der Waals surface area contributed by atoms with Crippen LogP contribution >= 0.6 is 0 Å². The Labute approximate surface area is 214 Å². The molecule has 1 unspecified atom stereocenters. The van der Waals surface area contributed by atoms with Crippen molar-refractivity contribution in [1.29, 1.82) is 0 Å². The van der Waals surface area contributed by atoms with Crippen LogP contribution < -0.4 is 4.74 Å². The smallest absolute Gasteiger partial charge is 0.395 e. The van der Waals surface area contributed by atoms with E-state index in [2.05, 4.69) is 9.97 Å². The van der Waals surface area contributed by atoms with E-state index < -0.39 is 17.7 Å². The number of nitrogens with zero attached hydrogens (tertiary/aromatic N) is 4. The number of amides is 1. The average Bonchev–Trinajstić information content (AvgIpc) is 3.31. The Balaban J connectivity index is 1.08. The summed E-state index contributed by atoms with van der Waals surface area (Å²) in [5, 5.41) is 9.65. The zero-order valence-corrected chi connectivity index (χ0v) is 20.8. The number of carbonyl (C=O) groups is 1. The molecular formula is C27H33F3N4O3. The molecule has 10 heteroatoms. The molecule has 1 saturated carbocycles. The van der Waals surface area contributed by atoms with Gasteiger partial charge in [-0.05, 0) is 68.8 Å². The molecule has 2 aromatic rings. The van der Waals surface area contributed by atoms with Gasteiger partial charge in [0.15, 0.2) is 0 Å². The minimum atomic E-state index is -4.12. The van der Waals surface area contributed by atoms with Crippen molar-refractivity contribution >= 4 is 5.91 Å². The van der Waals surface area contributed by atoms with Crippen LogP contribution in [0.15, 0.2) is 36.7 Å². The molecule has 1 aromatic heterocycles. The number of aliphatic hydroxyl groups is 1. The molecule has 1 aromatic carbocycles. The molecule has 2 saturated heterocycles. The SMILES string of the molecule is O=C(c1ccc(-c2cnc(OCC3CCN(CC4(C(F)(F)F)CCC4)CC3)nc2)cc1)N1CCC(O)C1. The molecule has 2 aliphatic heterocycles. The van der Waals surface area contributed by atoms with Gasteiger partial charge >= 0.3 is 12.2 Å². The molecule has 1 aliphatic carbocycles. The minimum absolute atomic E-state index is 0.0863. The molecule has 0 radical (unpaired) electrons. The Morgan fingerprint density at radius 2 is 1.70 bits per heavy atom. The molecule has 7 nitrogen and oxygen atoms in total. The molecule has 0 spiro atoms. The number of aromatic nitrogens is 2. The fourth-order valence-electron chi connectivity index (χ4n) is 5.52. The molecule has 0 bridgehead atoms. The van der Waals surface area contributed by atoms with Gasteiger partial charge in [-0.1, -0.05) is 18.6 Å². The first-order chi connectivity index (χ1) is 17.7. The van der Waals surface area contributed by atoms with E-state index in [-0.39, 0.29) is 37.2 Å². The maximum Gasteiger partial charge on any atom is 0.395 e. The molecule has 200 valence electrons. The summed E-state index contributed by atoms with van der Waals surface area (Å²) in [6.07, 6.45) is 2.15. The first kappa shape index (κ1) is 25.9. The minimum Gasteiger partial charge on any atom is -0.463 e. The Kier molecular flexibility index (Phi) is 7.40. The van der Waals surface area contributed by atoms with Gasteiger partial charge in [-0.25, -0.2) is 9.97 Å². The van der Waals surface area contributed by atoms with Crippen molar-refractivity contribution in [2.45, 2.75) is 50.8 Å². The third kappa shape index (κ3) is 5.75. The number of ether oxygens (including phenoxy) is 1. The van der Waals surface area contributed by atoms with Gasteiger partial charge in [0.1, 0.15) is 0 Å². The number of aliphatic hydroxyl groups excluding tert-OH is 1. The van der Waals surface area contributed by atoms with Crippen molar-refractivity contribution in [2.24, 2.45) is 11.3 Å². The van der Waals surface area contributed by atoms with Crippen molar-refractivity contribution in [3.8, 4) is 17.1 Å². The van der Waals surface area contributed by atoms with E-state index in [9.17, 15) is 23.1 Å². The van der Waals surface area contributed by atoms with Gasteiger partial charge < -0.3 is 19.6 Å². The zero-order chi connectivity index (χ0) is 26.0. The topological polar surface area (TPSA) is 78.8 Å². The van der Waals surface area contributed by atoms with Crippen molar-refractivity contribution in [1.82, 2.24) is 19.8 Å². The predicted molar refractivity (Wildman–Crippen MR) is 131 cm³/mol. The Morgan fingerprint density at radius 1 is 1.03 bits per heavy atom. The maximum absolute atomic E-state index is 13.5. The molecule has 3 heterocycles. The molecule has 5 rings (SSSR count). The highest BCUT2D eigenvalue weighted by molar-refractivity contribution is 5.94. The number of carbonyl (C=O) groups excluding carboxylic acids is 1. The highest BCUT2D eigenvalue weighted by Gasteiger charge is 2.58. The molecule has 1 N–H and O–H groups in total. The van der Waals surface area contributed by atoms with Crippen LogP contribution in [0.2, 0.25) is 0 Å². The summed E-state index contributed by atoms with van der Waals surface area (Å²) in [6, 6.07) is 7.50. The summed E-state index contributed by atoms with van der Waals surface area (Å²) in [5.74, 6) is 0.182. The van der Waals surface area contributed by atoms with Crippen LogP contribution in [-0.2, 0) is 0 Å². The Morgan fingerprint density at radius 3 is 2.24 bits per heavy atom. The maximum atomic E-state index is 13.5. The number of benzene rings is 1. The fourth-order valence-corrected chi connectivity index (χ4v) is 5.52. The second-order valence-electron chi connectivity index (χ2n) is 10.7. The first-order valence-corrected chi connectivity index (χ1v) is 13.0. The second kappa shape index (κ2) is 10.6. The predicted octanol–water partition coefficient (Wildman–Crippen LogP) is 4.17. The average molecular weight is 519 g/mol. The van der Waals surface area contributed by atoms with Crippen molar-refractivity contribution in [2.75, 3.05) is 39.3 Å². The highest BCUT2D eigenvalue weighted by Crippen LogP contribution is 2.53. The quantitative estimate of drug-likeness (QED) is 0.593. The Bertz CT molecular complexity index is 1070. The Hall–Kier alpha value is -2.72. The van der Waals surface area contributed by atoms with Crippen LogP contribution in [0.4, 0.5) is 13.2 Å². The molecule has 1 amide bonds. The second-order valence-corrected chi connectivity index (χ2v) is 10.7. The van der Waals surface area contributed by atoms with Crippen molar-refractivity contribution in [3.05, 3.63) is 42.2 Å². The monoisotopic (exact) mass is 518 g/mol. The largest absolute Gasteiger partial charge is 0.463 e. The molecule has 3 aliphatic rings. The van der Waals surface area contributed by atoms with Crippen LogP contribution in [-0.4, -0.2) is 82.4 Å². The number of likely N-dealkylation sites (tertiary alicyclic amines) is 2. The summed E-state index contributed by atoms with van der Waals surface area (Å²) >= 11 is 0. The van der Waals surface area contributed by atoms with Gasteiger partial charge in [0.05, 0.1) is 18.1 Å². The summed E-state index contributed by atoms with van der Waals surface area (Å²) in [7, 11) is 0. The summed E-state index contributed by atoms with van der Waals surface area (Å²) in [5.41, 5.74) is 0.746. The summed E-state index contributed by atoms with van der Waals surface area (Å²) in [4.78, 5) is 24.8. The summed E-state index contributed by atoms with van der Waals surface area (Å²) < 4.78 is 46.2. The van der Waals surface area contributed by atoms with Gasteiger partial charge in [-0.3, -0.25) is 4.79 Å². The van der Waals surface area contributed by atoms with E-state index in [1.54, 1.807) is 29.4 Å². The third-order valence-corrected chi connectivity index (χ3v) is 8.14. The highest BCUT2D eigenvalue weighted by atomic mass is 19.4. The third-order valence-electron chi connectivity index (χ3n) is 8.14. The fraction of sp³-hybridized carbons (Fsp3) is 0.593. The summed E-state index contributed by atoms with van der Waals surface area (Å²) in [6.45, 7) is 2.80. The van der Waals surface area contributed by atoms with E-state index in [1.165, 1.54) is 0 Å². The van der Waals surface area contributed by atoms with E-state index in [4.69, 9.17) is 4.74 Å². The lowest BCUT2D eigenvalue weighted by molar-refractivity contribution is -0.256. The molecule has 1 atom stereocenters. The van der Waals surface area contributed by atoms with E-state index >= 15 is 0 Å².